The van der Waals surface area contributed by atoms with Crippen molar-refractivity contribution >= 4 is 35.1 Å². The molecule has 0 unspecified atom stereocenters. The molecule has 4 rings (SSSR count). The van der Waals surface area contributed by atoms with E-state index in [1.165, 1.54) is 0 Å². The van der Waals surface area contributed by atoms with Gasteiger partial charge in [0.2, 0.25) is 0 Å². The van der Waals surface area contributed by atoms with Gasteiger partial charge < -0.3 is 14.2 Å². The van der Waals surface area contributed by atoms with Gasteiger partial charge in [0, 0.05) is 5.69 Å². The fourth-order valence-electron chi connectivity index (χ4n) is 3.01. The molecular weight excluding hydrogens is 392 g/mol. The second-order valence-corrected chi connectivity index (χ2v) is 6.58. The van der Waals surface area contributed by atoms with Crippen LogP contribution in [0.5, 0.6) is 17.2 Å². The lowest BCUT2D eigenvalue weighted by Gasteiger charge is -2.16. The van der Waals surface area contributed by atoms with E-state index in [2.05, 4.69) is 4.99 Å². The third-order valence-electron chi connectivity index (χ3n) is 4.69. The van der Waals surface area contributed by atoms with Gasteiger partial charge in [-0.25, -0.2) is 15.0 Å². The van der Waals surface area contributed by atoms with Crippen LogP contribution in [0.15, 0.2) is 87.8 Å². The molecule has 0 saturated heterocycles. The van der Waals surface area contributed by atoms with Gasteiger partial charge in [-0.1, -0.05) is 0 Å². The molecule has 0 saturated carbocycles. The average molecular weight is 414 g/mol. The molecule has 0 atom stereocenters. The topological polar surface area (TPSA) is 68.0 Å². The Morgan fingerprint density at radius 2 is 1.06 bits per heavy atom. The quantitative estimate of drug-likeness (QED) is 0.568. The van der Waals surface area contributed by atoms with Crippen molar-refractivity contribution in [3.63, 3.8) is 0 Å². The maximum atomic E-state index is 5.27. The fourth-order valence-corrected chi connectivity index (χ4v) is 3.01. The van der Waals surface area contributed by atoms with Gasteiger partial charge in [0.25, 0.3) is 0 Å². The van der Waals surface area contributed by atoms with Gasteiger partial charge in [0.15, 0.2) is 11.7 Å². The normalized spacial score (nSPS) is 15.5. The van der Waals surface area contributed by atoms with E-state index in [-0.39, 0.29) is 0 Å². The predicted molar refractivity (Wildman–Crippen MR) is 124 cm³/mol. The van der Waals surface area contributed by atoms with Crippen molar-refractivity contribution in [2.75, 3.05) is 26.2 Å². The summed E-state index contributed by atoms with van der Waals surface area (Å²) in [6.45, 7) is 0. The Balaban J connectivity index is 1.73. The van der Waals surface area contributed by atoms with Gasteiger partial charge in [-0.2, -0.15) is 0 Å². The lowest BCUT2D eigenvalue weighted by Crippen LogP contribution is -2.28. The Labute approximate surface area is 181 Å². The molecule has 7 nitrogen and oxygen atoms in total. The number of rotatable bonds is 6. The number of aliphatic imine (C=N–C) groups is 3. The van der Waals surface area contributed by atoms with E-state index in [9.17, 15) is 0 Å². The van der Waals surface area contributed by atoms with Crippen LogP contribution in [0.4, 0.5) is 17.1 Å². The number of anilines is 1. The molecule has 0 aliphatic carbocycles. The Morgan fingerprint density at radius 3 is 1.55 bits per heavy atom. The molecule has 31 heavy (non-hydrogen) atoms. The first-order valence-electron chi connectivity index (χ1n) is 9.63. The van der Waals surface area contributed by atoms with Gasteiger partial charge in [-0.3, -0.25) is 4.90 Å². The summed E-state index contributed by atoms with van der Waals surface area (Å²) >= 11 is 0. The number of hydrogen-bond donors (Lipinski definition) is 0. The first-order chi connectivity index (χ1) is 15.2. The summed E-state index contributed by atoms with van der Waals surface area (Å²) in [6, 6.07) is 22.7. The van der Waals surface area contributed by atoms with Crippen molar-refractivity contribution in [3.05, 3.63) is 72.8 Å². The maximum Gasteiger partial charge on any atom is 0.198 e. The molecule has 0 spiro atoms. The van der Waals surface area contributed by atoms with E-state index in [1.54, 1.807) is 27.7 Å². The van der Waals surface area contributed by atoms with Gasteiger partial charge >= 0.3 is 0 Å². The molecule has 3 aromatic rings. The van der Waals surface area contributed by atoms with Gasteiger partial charge in [0.1, 0.15) is 23.6 Å². The van der Waals surface area contributed by atoms with Crippen LogP contribution in [0.3, 0.4) is 0 Å². The highest BCUT2D eigenvalue weighted by molar-refractivity contribution is 6.54. The highest BCUT2D eigenvalue weighted by Crippen LogP contribution is 2.26. The monoisotopic (exact) mass is 414 g/mol. The summed E-state index contributed by atoms with van der Waals surface area (Å²) < 4.78 is 15.7. The number of nitrogens with zero attached hydrogens (tertiary/aromatic N) is 4. The zero-order chi connectivity index (χ0) is 21.6. The molecular formula is C24H22N4O3. The Morgan fingerprint density at radius 1 is 0.613 bits per heavy atom. The van der Waals surface area contributed by atoms with E-state index < -0.39 is 0 Å². The summed E-state index contributed by atoms with van der Waals surface area (Å²) in [7, 11) is 4.91. The van der Waals surface area contributed by atoms with E-state index in [1.807, 2.05) is 77.7 Å². The molecule has 1 aliphatic rings. The lowest BCUT2D eigenvalue weighted by atomic mass is 10.2. The molecule has 0 amide bonds. The van der Waals surface area contributed by atoms with Crippen LogP contribution < -0.4 is 19.1 Å². The van der Waals surface area contributed by atoms with E-state index in [0.29, 0.717) is 11.7 Å². The van der Waals surface area contributed by atoms with Gasteiger partial charge in [-0.15, -0.1) is 0 Å². The number of amidine groups is 2. The predicted octanol–water partition coefficient (Wildman–Crippen LogP) is 5.02. The first-order valence-corrected chi connectivity index (χ1v) is 9.63. The standard InChI is InChI=1S/C24H22N4O3/c1-29-20-10-4-17(5-11-20)26-23-24(27-18-6-12-21(30-2)13-7-18)28(16-25-23)19-8-14-22(31-3)15-9-19/h4-16H,1-3H3. The second kappa shape index (κ2) is 9.13. The van der Waals surface area contributed by atoms with Crippen LogP contribution in [0, 0.1) is 0 Å². The zero-order valence-electron chi connectivity index (χ0n) is 17.5. The Bertz CT molecular complexity index is 1120. The third-order valence-corrected chi connectivity index (χ3v) is 4.69. The molecule has 0 aromatic heterocycles. The Kier molecular flexibility index (Phi) is 5.93. The van der Waals surface area contributed by atoms with Crippen molar-refractivity contribution in [3.8, 4) is 17.2 Å². The van der Waals surface area contributed by atoms with Crippen LogP contribution >= 0.6 is 0 Å². The minimum Gasteiger partial charge on any atom is -0.497 e. The minimum atomic E-state index is 0.511. The summed E-state index contributed by atoms with van der Waals surface area (Å²) in [6.07, 6.45) is 1.71. The summed E-state index contributed by atoms with van der Waals surface area (Å²) in [5.74, 6) is 3.44. The highest BCUT2D eigenvalue weighted by atomic mass is 16.5. The van der Waals surface area contributed by atoms with Crippen LogP contribution in [-0.2, 0) is 0 Å². The number of benzene rings is 3. The van der Waals surface area contributed by atoms with Crippen LogP contribution in [0.1, 0.15) is 0 Å². The van der Waals surface area contributed by atoms with Gasteiger partial charge in [0.05, 0.1) is 32.7 Å². The first kappa shape index (κ1) is 20.2. The fraction of sp³-hybridized carbons (Fsp3) is 0.125. The molecule has 7 heteroatoms. The van der Waals surface area contributed by atoms with Crippen LogP contribution in [-0.4, -0.2) is 39.3 Å². The molecule has 3 aromatic carbocycles. The number of methoxy groups -OCH3 is 3. The number of ether oxygens (including phenoxy) is 3. The van der Waals surface area contributed by atoms with Crippen molar-refractivity contribution < 1.29 is 14.2 Å². The third kappa shape index (κ3) is 4.56. The molecule has 1 heterocycles. The van der Waals surface area contributed by atoms with Crippen molar-refractivity contribution in [2.45, 2.75) is 0 Å². The number of hydrogen-bond acceptors (Lipinski definition) is 5. The van der Waals surface area contributed by atoms with Crippen molar-refractivity contribution in [1.82, 2.24) is 0 Å². The molecule has 0 bridgehead atoms. The van der Waals surface area contributed by atoms with Crippen molar-refractivity contribution in [2.24, 2.45) is 15.0 Å². The molecule has 156 valence electrons. The maximum absolute atomic E-state index is 5.27. The van der Waals surface area contributed by atoms with Crippen LogP contribution in [0.2, 0.25) is 0 Å². The van der Waals surface area contributed by atoms with Gasteiger partial charge in [-0.05, 0) is 72.8 Å². The average Bonchev–Trinajstić information content (AvgIpc) is 3.22. The second-order valence-electron chi connectivity index (χ2n) is 6.58. The van der Waals surface area contributed by atoms with E-state index in [4.69, 9.17) is 24.2 Å². The smallest absolute Gasteiger partial charge is 0.198 e. The molecule has 0 N–H and O–H groups in total. The molecule has 0 radical (unpaired) electrons. The van der Waals surface area contributed by atoms with Crippen molar-refractivity contribution in [1.29, 1.82) is 0 Å². The lowest BCUT2D eigenvalue weighted by molar-refractivity contribution is 0.414. The summed E-state index contributed by atoms with van der Waals surface area (Å²) in [5.41, 5.74) is 2.42. The van der Waals surface area contributed by atoms with E-state index in [0.717, 1.165) is 34.3 Å². The summed E-state index contributed by atoms with van der Waals surface area (Å²) in [4.78, 5) is 15.9. The minimum absolute atomic E-state index is 0.511. The largest absolute Gasteiger partial charge is 0.497 e. The van der Waals surface area contributed by atoms with Crippen LogP contribution in [0.25, 0.3) is 0 Å². The highest BCUT2D eigenvalue weighted by Gasteiger charge is 2.24. The Hall–Kier alpha value is -4.13. The molecule has 0 fully saturated rings. The molecule has 1 aliphatic heterocycles. The zero-order valence-corrected chi connectivity index (χ0v) is 17.5. The SMILES string of the molecule is COc1ccc(N=C2N=CN(c3ccc(OC)cc3)C2=Nc2ccc(OC)cc2)cc1. The summed E-state index contributed by atoms with van der Waals surface area (Å²) in [5, 5.41) is 0. The van der Waals surface area contributed by atoms with E-state index >= 15 is 0 Å².